The van der Waals surface area contributed by atoms with Crippen LogP contribution in [-0.4, -0.2) is 46.3 Å². The van der Waals surface area contributed by atoms with Crippen LogP contribution in [0.3, 0.4) is 0 Å². The largest absolute Gasteiger partial charge is 0.449 e. The van der Waals surface area contributed by atoms with E-state index in [1.165, 1.54) is 12.2 Å². The molecule has 264 valence electrons. The molecule has 0 aromatic carbocycles. The number of halogens is 1. The third-order valence-corrected chi connectivity index (χ3v) is 13.2. The van der Waals surface area contributed by atoms with E-state index in [2.05, 4.69) is 0 Å². The second-order valence-electron chi connectivity index (χ2n) is 15.9. The van der Waals surface area contributed by atoms with Crippen LogP contribution in [0.5, 0.6) is 0 Å². The van der Waals surface area contributed by atoms with Gasteiger partial charge in [0.2, 0.25) is 5.78 Å². The number of ether oxygens (including phenoxy) is 1. The Morgan fingerprint density at radius 3 is 2.47 bits per heavy atom. The number of Topliss-reactive ketones (excluding diaryl/α,β-unsaturated/α-hetero) is 2. The molecule has 0 radical (unpaired) electrons. The first kappa shape index (κ1) is 36.8. The van der Waals surface area contributed by atoms with Gasteiger partial charge in [-0.1, -0.05) is 78.7 Å². The summed E-state index contributed by atoms with van der Waals surface area (Å²) in [6.07, 6.45) is 19.3. The average Bonchev–Trinajstić information content (AvgIpc) is 3.27. The minimum atomic E-state index is -2.28. The van der Waals surface area contributed by atoms with E-state index >= 15 is 4.39 Å². The van der Waals surface area contributed by atoms with Gasteiger partial charge in [-0.3, -0.25) is 19.2 Å². The van der Waals surface area contributed by atoms with Gasteiger partial charge in [-0.05, 0) is 104 Å². The van der Waals surface area contributed by atoms with Crippen LogP contribution in [-0.2, 0) is 23.9 Å². The van der Waals surface area contributed by atoms with Gasteiger partial charge in [-0.25, -0.2) is 4.39 Å². The zero-order valence-electron chi connectivity index (χ0n) is 30.5. The highest BCUT2D eigenvalue weighted by atomic mass is 19.1. The Morgan fingerprint density at radius 1 is 1.08 bits per heavy atom. The number of fused-ring (bicyclic) bond motifs is 5. The first-order valence-electron chi connectivity index (χ1n) is 17.9. The molecule has 0 bridgehead atoms. The van der Waals surface area contributed by atoms with Crippen molar-refractivity contribution in [1.82, 2.24) is 0 Å². The number of aliphatic hydroxyl groups is 1. The van der Waals surface area contributed by atoms with E-state index in [0.717, 1.165) is 35.1 Å². The number of hydrogen-bond acceptors (Lipinski definition) is 6. The van der Waals surface area contributed by atoms with E-state index in [4.69, 9.17) is 4.74 Å². The molecular formula is C42H53FO6. The second-order valence-corrected chi connectivity index (χ2v) is 15.9. The Morgan fingerprint density at radius 2 is 1.80 bits per heavy atom. The summed E-state index contributed by atoms with van der Waals surface area (Å²) in [5.74, 6) is -3.86. The number of ketones is 3. The summed E-state index contributed by atoms with van der Waals surface area (Å²) < 4.78 is 24.3. The lowest BCUT2D eigenvalue weighted by Crippen LogP contribution is -2.69. The topological polar surface area (TPSA) is 97.7 Å². The number of carbonyl (C=O) groups excluding carboxylic acids is 4. The highest BCUT2D eigenvalue weighted by Gasteiger charge is 2.77. The first-order chi connectivity index (χ1) is 23.0. The Bertz CT molecular complexity index is 1670. The fourth-order valence-corrected chi connectivity index (χ4v) is 10.2. The number of carbonyl (C=O) groups is 4. The van der Waals surface area contributed by atoms with Crippen LogP contribution in [0, 0.1) is 34.0 Å². The first-order valence-corrected chi connectivity index (χ1v) is 17.9. The molecule has 5 aliphatic carbocycles. The minimum Gasteiger partial charge on any atom is -0.449 e. The molecule has 0 spiro atoms. The lowest BCUT2D eigenvalue weighted by Gasteiger charge is -2.60. The van der Waals surface area contributed by atoms with Gasteiger partial charge in [0, 0.05) is 29.1 Å². The number of alkyl halides is 1. The quantitative estimate of drug-likeness (QED) is 0.206. The third-order valence-electron chi connectivity index (χ3n) is 13.2. The SMILES string of the molecule is CC=C(C)C=CC=C(C)C=CC1=C(C)CCCC1(C)C(=O)O[C@@]1(C(=O)CO)C(C)C[C@H]2[C@@H]3CCC4=CC(=O)C=C[C@]4(C)[C@@]3(F)C(=O)C[C@@]21C. The van der Waals surface area contributed by atoms with Crippen molar-refractivity contribution in [3.05, 3.63) is 82.5 Å². The molecule has 3 saturated carbocycles. The van der Waals surface area contributed by atoms with E-state index in [-0.39, 0.29) is 12.2 Å². The Kier molecular flexibility index (Phi) is 9.79. The van der Waals surface area contributed by atoms with Gasteiger partial charge >= 0.3 is 5.97 Å². The predicted octanol–water partition coefficient (Wildman–Crippen LogP) is 8.19. The normalized spacial score (nSPS) is 39.6. The summed E-state index contributed by atoms with van der Waals surface area (Å²) in [6, 6.07) is 0. The second kappa shape index (κ2) is 13.0. The number of allylic oxidation sites excluding steroid dienone is 13. The van der Waals surface area contributed by atoms with E-state index in [1.54, 1.807) is 19.9 Å². The third kappa shape index (κ3) is 5.46. The van der Waals surface area contributed by atoms with Crippen LogP contribution in [0.15, 0.2) is 82.5 Å². The van der Waals surface area contributed by atoms with Crippen LogP contribution in [0.4, 0.5) is 4.39 Å². The molecule has 7 heteroatoms. The monoisotopic (exact) mass is 672 g/mol. The summed E-state index contributed by atoms with van der Waals surface area (Å²) in [6.45, 7) is 14.3. The van der Waals surface area contributed by atoms with E-state index in [9.17, 15) is 24.3 Å². The molecule has 1 N–H and O–H groups in total. The number of aliphatic hydroxyl groups excluding tert-OH is 1. The van der Waals surface area contributed by atoms with Gasteiger partial charge in [-0.2, -0.15) is 0 Å². The van der Waals surface area contributed by atoms with Crippen molar-refractivity contribution < 1.29 is 33.4 Å². The van der Waals surface area contributed by atoms with Crippen molar-refractivity contribution in [2.75, 3.05) is 6.61 Å². The van der Waals surface area contributed by atoms with Crippen molar-refractivity contribution in [2.24, 2.45) is 34.0 Å². The summed E-state index contributed by atoms with van der Waals surface area (Å²) in [5.41, 5.74) is -3.01. The van der Waals surface area contributed by atoms with Crippen molar-refractivity contribution in [1.29, 1.82) is 0 Å². The van der Waals surface area contributed by atoms with E-state index < -0.39 is 69.4 Å². The van der Waals surface area contributed by atoms with Crippen molar-refractivity contribution in [3.8, 4) is 0 Å². The zero-order valence-corrected chi connectivity index (χ0v) is 30.5. The summed E-state index contributed by atoms with van der Waals surface area (Å²) >= 11 is 0. The zero-order chi connectivity index (χ0) is 36.2. The lowest BCUT2D eigenvalue weighted by molar-refractivity contribution is -0.208. The molecule has 0 saturated heterocycles. The summed E-state index contributed by atoms with van der Waals surface area (Å²) in [5, 5.41) is 10.4. The molecule has 0 aromatic rings. The van der Waals surface area contributed by atoms with Gasteiger partial charge < -0.3 is 9.84 Å². The molecule has 8 atom stereocenters. The van der Waals surface area contributed by atoms with Crippen molar-refractivity contribution >= 4 is 23.3 Å². The van der Waals surface area contributed by atoms with Crippen LogP contribution < -0.4 is 0 Å². The molecule has 49 heavy (non-hydrogen) atoms. The number of rotatable bonds is 8. The van der Waals surface area contributed by atoms with Crippen LogP contribution in [0.1, 0.15) is 100 Å². The predicted molar refractivity (Wildman–Crippen MR) is 189 cm³/mol. The van der Waals surface area contributed by atoms with Gasteiger partial charge in [0.15, 0.2) is 22.8 Å². The van der Waals surface area contributed by atoms with Crippen LogP contribution >= 0.6 is 0 Å². The molecule has 6 nitrogen and oxygen atoms in total. The number of hydrogen-bond donors (Lipinski definition) is 1. The fourth-order valence-electron chi connectivity index (χ4n) is 10.2. The fraction of sp³-hybridized carbons (Fsp3) is 0.571. The molecule has 0 aromatic heterocycles. The molecule has 2 unspecified atom stereocenters. The smallest absolute Gasteiger partial charge is 0.317 e. The van der Waals surface area contributed by atoms with Crippen LogP contribution in [0.2, 0.25) is 0 Å². The summed E-state index contributed by atoms with van der Waals surface area (Å²) in [7, 11) is 0. The standard InChI is InChI=1S/C42H53FO6/c1-9-26(2)12-10-13-27(3)15-17-32-28(4)14-11-20-38(32,6)37(48)49-42(36(47)25-44)29(5)22-34-33-18-16-30-23-31(45)19-21-39(30,7)41(33,43)35(46)24-40(34,42)8/h9-10,12-13,15,17,19,21,23,29,33-34,44H,11,14,16,18,20,22,24-25H2,1-8H3/t29?,33-,34-,38?,39-,40-,41-,42+/m0/s1. The maximum atomic E-state index is 17.7. The van der Waals surface area contributed by atoms with Crippen molar-refractivity contribution in [2.45, 2.75) is 112 Å². The summed E-state index contributed by atoms with van der Waals surface area (Å²) in [4.78, 5) is 55.3. The molecule has 5 aliphatic rings. The average molecular weight is 673 g/mol. The van der Waals surface area contributed by atoms with E-state index in [0.29, 0.717) is 31.3 Å². The van der Waals surface area contributed by atoms with Gasteiger partial charge in [0.25, 0.3) is 0 Å². The minimum absolute atomic E-state index is 0.214. The lowest BCUT2D eigenvalue weighted by atomic mass is 9.45. The van der Waals surface area contributed by atoms with Gasteiger partial charge in [0.05, 0.1) is 5.41 Å². The molecule has 3 fully saturated rings. The Balaban J connectivity index is 1.53. The Hall–Kier alpha value is -3.45. The molecular weight excluding hydrogens is 619 g/mol. The molecule has 0 heterocycles. The molecule has 0 aliphatic heterocycles. The molecule has 0 amide bonds. The number of esters is 1. The van der Waals surface area contributed by atoms with Crippen LogP contribution in [0.25, 0.3) is 0 Å². The van der Waals surface area contributed by atoms with E-state index in [1.807, 2.05) is 78.0 Å². The van der Waals surface area contributed by atoms with Gasteiger partial charge in [0.1, 0.15) is 6.61 Å². The maximum Gasteiger partial charge on any atom is 0.317 e. The maximum absolute atomic E-state index is 17.7. The highest BCUT2D eigenvalue weighted by Crippen LogP contribution is 2.70. The highest BCUT2D eigenvalue weighted by molar-refractivity contribution is 6.03. The van der Waals surface area contributed by atoms with Crippen molar-refractivity contribution in [3.63, 3.8) is 0 Å². The molecule has 5 rings (SSSR count). The van der Waals surface area contributed by atoms with Gasteiger partial charge in [-0.15, -0.1) is 0 Å². The Labute approximate surface area is 291 Å².